The van der Waals surface area contributed by atoms with Gasteiger partial charge in [0.25, 0.3) is 10.0 Å². The van der Waals surface area contributed by atoms with Gasteiger partial charge in [0.2, 0.25) is 5.91 Å². The Morgan fingerprint density at radius 1 is 1.27 bits per heavy atom. The molecule has 138 valence electrons. The number of hydrogen-bond acceptors (Lipinski definition) is 5. The third-order valence-electron chi connectivity index (χ3n) is 4.10. The quantitative estimate of drug-likeness (QED) is 0.774. The summed E-state index contributed by atoms with van der Waals surface area (Å²) in [6.45, 7) is 2.29. The molecule has 0 radical (unpaired) electrons. The van der Waals surface area contributed by atoms with Gasteiger partial charge in [0.15, 0.2) is 0 Å². The molecule has 0 aliphatic carbocycles. The maximum Gasteiger partial charge on any atom is 0.263 e. The summed E-state index contributed by atoms with van der Waals surface area (Å²) in [6.07, 6.45) is 3.80. The number of hydrogen-bond donors (Lipinski definition) is 2. The van der Waals surface area contributed by atoms with Crippen molar-refractivity contribution >= 4 is 21.8 Å². The lowest BCUT2D eigenvalue weighted by atomic mass is 10.1. The molecule has 0 saturated carbocycles. The highest BCUT2D eigenvalue weighted by Gasteiger charge is 2.31. The molecule has 1 aliphatic rings. The Morgan fingerprint density at radius 3 is 2.81 bits per heavy atom. The van der Waals surface area contributed by atoms with Crippen LogP contribution in [-0.4, -0.2) is 26.2 Å². The molecular weight excluding hydrogens is 354 g/mol. The number of aliphatic imine (C=N–C) groups is 1. The second-order valence-electron chi connectivity index (χ2n) is 6.03. The van der Waals surface area contributed by atoms with Crippen molar-refractivity contribution in [3.05, 3.63) is 54.0 Å². The van der Waals surface area contributed by atoms with Crippen LogP contribution in [0.2, 0.25) is 0 Å². The van der Waals surface area contributed by atoms with Gasteiger partial charge in [-0.05, 0) is 30.7 Å². The summed E-state index contributed by atoms with van der Waals surface area (Å²) >= 11 is 0. The second-order valence-corrected chi connectivity index (χ2v) is 7.69. The lowest BCUT2D eigenvalue weighted by Gasteiger charge is -2.13. The number of furan rings is 1. The van der Waals surface area contributed by atoms with Crippen LogP contribution in [0.15, 0.2) is 57.0 Å². The monoisotopic (exact) mass is 375 g/mol. The van der Waals surface area contributed by atoms with Crippen molar-refractivity contribution in [3.63, 3.8) is 0 Å². The molecule has 1 amide bonds. The SMILES string of the molecule is CCCCC(N=C1NS(=O)(=O)c2ccccc21)C(=O)NCc1ccco1. The van der Waals surface area contributed by atoms with Crippen LogP contribution in [-0.2, 0) is 21.4 Å². The van der Waals surface area contributed by atoms with E-state index in [4.69, 9.17) is 4.42 Å². The Bertz CT molecular complexity index is 904. The van der Waals surface area contributed by atoms with E-state index in [0.29, 0.717) is 17.7 Å². The Labute approximate surface area is 152 Å². The fraction of sp³-hybridized carbons (Fsp3) is 0.333. The van der Waals surface area contributed by atoms with Gasteiger partial charge in [-0.1, -0.05) is 31.9 Å². The molecule has 1 unspecified atom stereocenters. The highest BCUT2D eigenvalue weighted by atomic mass is 32.2. The van der Waals surface area contributed by atoms with Gasteiger partial charge in [0, 0.05) is 5.56 Å². The van der Waals surface area contributed by atoms with Crippen molar-refractivity contribution < 1.29 is 17.6 Å². The Kier molecular flexibility index (Phi) is 5.41. The third-order valence-corrected chi connectivity index (χ3v) is 5.50. The molecule has 3 rings (SSSR count). The second kappa shape index (κ2) is 7.74. The first kappa shape index (κ1) is 18.2. The van der Waals surface area contributed by atoms with E-state index in [1.165, 1.54) is 6.07 Å². The predicted octanol–water partition coefficient (Wildman–Crippen LogP) is 2.19. The Hall–Kier alpha value is -2.61. The third kappa shape index (κ3) is 3.96. The molecule has 1 atom stereocenters. The number of rotatable bonds is 7. The lowest BCUT2D eigenvalue weighted by molar-refractivity contribution is -0.122. The molecule has 26 heavy (non-hydrogen) atoms. The van der Waals surface area contributed by atoms with Crippen LogP contribution in [0.4, 0.5) is 0 Å². The predicted molar refractivity (Wildman–Crippen MR) is 97.2 cm³/mol. The first-order valence-electron chi connectivity index (χ1n) is 8.51. The van der Waals surface area contributed by atoms with E-state index < -0.39 is 16.1 Å². The molecule has 2 aromatic rings. The van der Waals surface area contributed by atoms with E-state index in [9.17, 15) is 13.2 Å². The van der Waals surface area contributed by atoms with Crippen molar-refractivity contribution in [3.8, 4) is 0 Å². The molecule has 0 saturated heterocycles. The van der Waals surface area contributed by atoms with E-state index in [1.54, 1.807) is 36.6 Å². The highest BCUT2D eigenvalue weighted by molar-refractivity contribution is 7.90. The van der Waals surface area contributed by atoms with Gasteiger partial charge < -0.3 is 9.73 Å². The molecule has 1 aromatic heterocycles. The van der Waals surface area contributed by atoms with Gasteiger partial charge in [-0.25, -0.2) is 8.42 Å². The summed E-state index contributed by atoms with van der Waals surface area (Å²) in [6, 6.07) is 9.46. The van der Waals surface area contributed by atoms with Crippen LogP contribution in [0.1, 0.15) is 37.5 Å². The number of nitrogens with zero attached hydrogens (tertiary/aromatic N) is 1. The van der Waals surface area contributed by atoms with Crippen LogP contribution in [0.25, 0.3) is 0 Å². The minimum Gasteiger partial charge on any atom is -0.467 e. The molecule has 2 heterocycles. The van der Waals surface area contributed by atoms with E-state index >= 15 is 0 Å². The zero-order valence-corrected chi connectivity index (χ0v) is 15.3. The molecule has 7 nitrogen and oxygen atoms in total. The number of carbonyl (C=O) groups excluding carboxylic acids is 1. The number of unbranched alkanes of at least 4 members (excludes halogenated alkanes) is 1. The minimum atomic E-state index is -3.62. The molecule has 1 aromatic carbocycles. The van der Waals surface area contributed by atoms with Gasteiger partial charge >= 0.3 is 0 Å². The molecule has 2 N–H and O–H groups in total. The van der Waals surface area contributed by atoms with Gasteiger partial charge in [-0.3, -0.25) is 14.5 Å². The smallest absolute Gasteiger partial charge is 0.263 e. The zero-order chi connectivity index (χ0) is 18.6. The molecule has 0 bridgehead atoms. The van der Waals surface area contributed by atoms with E-state index in [-0.39, 0.29) is 23.2 Å². The van der Waals surface area contributed by atoms with Gasteiger partial charge in [-0.15, -0.1) is 0 Å². The summed E-state index contributed by atoms with van der Waals surface area (Å²) in [7, 11) is -3.62. The highest BCUT2D eigenvalue weighted by Crippen LogP contribution is 2.23. The largest absolute Gasteiger partial charge is 0.467 e. The maximum absolute atomic E-state index is 12.6. The average Bonchev–Trinajstić information content (AvgIpc) is 3.23. The summed E-state index contributed by atoms with van der Waals surface area (Å²) in [5.41, 5.74) is 0.493. The van der Waals surface area contributed by atoms with E-state index in [2.05, 4.69) is 15.0 Å². The summed E-state index contributed by atoms with van der Waals surface area (Å²) in [5.74, 6) is 0.605. The average molecular weight is 375 g/mol. The summed E-state index contributed by atoms with van der Waals surface area (Å²) in [4.78, 5) is 17.2. The zero-order valence-electron chi connectivity index (χ0n) is 14.4. The van der Waals surface area contributed by atoms with Crippen molar-refractivity contribution in [1.82, 2.24) is 10.0 Å². The van der Waals surface area contributed by atoms with Gasteiger partial charge in [0.1, 0.15) is 17.6 Å². The van der Waals surface area contributed by atoms with Crippen molar-refractivity contribution in [1.29, 1.82) is 0 Å². The van der Waals surface area contributed by atoms with Crippen LogP contribution in [0.3, 0.4) is 0 Å². The molecule has 8 heteroatoms. The van der Waals surface area contributed by atoms with Crippen LogP contribution < -0.4 is 10.0 Å². The van der Waals surface area contributed by atoms with E-state index in [1.807, 2.05) is 6.92 Å². The van der Waals surface area contributed by atoms with Crippen LogP contribution >= 0.6 is 0 Å². The van der Waals surface area contributed by atoms with Gasteiger partial charge in [0.05, 0.1) is 17.7 Å². The molecule has 1 aliphatic heterocycles. The summed E-state index contributed by atoms with van der Waals surface area (Å²) < 4.78 is 32.1. The number of carbonyl (C=O) groups is 1. The summed E-state index contributed by atoms with van der Waals surface area (Å²) in [5, 5.41) is 2.80. The van der Waals surface area contributed by atoms with E-state index in [0.717, 1.165) is 12.8 Å². The fourth-order valence-electron chi connectivity index (χ4n) is 2.74. The number of benzene rings is 1. The Morgan fingerprint density at radius 2 is 2.08 bits per heavy atom. The van der Waals surface area contributed by atoms with Crippen molar-refractivity contribution in [2.75, 3.05) is 0 Å². The first-order chi connectivity index (χ1) is 12.5. The number of fused-ring (bicyclic) bond motifs is 1. The number of amides is 1. The first-order valence-corrected chi connectivity index (χ1v) is 9.99. The topological polar surface area (TPSA) is 101 Å². The minimum absolute atomic E-state index is 0.184. The van der Waals surface area contributed by atoms with Crippen LogP contribution in [0.5, 0.6) is 0 Å². The van der Waals surface area contributed by atoms with Crippen molar-refractivity contribution in [2.45, 2.75) is 43.7 Å². The maximum atomic E-state index is 12.6. The normalized spacial score (nSPS) is 17.5. The van der Waals surface area contributed by atoms with Crippen LogP contribution in [0, 0.1) is 0 Å². The Balaban J connectivity index is 1.82. The molecule has 0 fully saturated rings. The molecule has 0 spiro atoms. The number of sulfonamides is 1. The molecular formula is C18H21N3O4S. The standard InChI is InChI=1S/C18H21N3O4S/c1-2-3-9-15(18(22)19-12-13-7-6-11-25-13)20-17-14-8-4-5-10-16(14)26(23,24)21-17/h4-8,10-11,15H,2-3,9,12H2,1H3,(H,19,22)(H,20,21). The van der Waals surface area contributed by atoms with Crippen molar-refractivity contribution in [2.24, 2.45) is 4.99 Å². The van der Waals surface area contributed by atoms with Gasteiger partial charge in [-0.2, -0.15) is 0 Å². The lowest BCUT2D eigenvalue weighted by Crippen LogP contribution is -2.35. The number of amidine groups is 1. The fourth-order valence-corrected chi connectivity index (χ4v) is 3.98. The number of nitrogens with one attached hydrogen (secondary N) is 2.